The number of carbonyl (C=O) groups excluding carboxylic acids is 1. The van der Waals surface area contributed by atoms with E-state index >= 15 is 0 Å². The van der Waals surface area contributed by atoms with Crippen molar-refractivity contribution in [2.75, 3.05) is 4.31 Å². The van der Waals surface area contributed by atoms with E-state index in [9.17, 15) is 13.2 Å². The monoisotopic (exact) mass is 385 g/mol. The van der Waals surface area contributed by atoms with E-state index in [-0.39, 0.29) is 10.5 Å². The number of rotatable bonds is 1. The van der Waals surface area contributed by atoms with Gasteiger partial charge >= 0.3 is 0 Å². The van der Waals surface area contributed by atoms with Gasteiger partial charge in [-0.3, -0.25) is 4.79 Å². The zero-order valence-corrected chi connectivity index (χ0v) is 12.6. The fourth-order valence-corrected chi connectivity index (χ4v) is 3.97. The Morgan fingerprint density at radius 1 is 0.947 bits per heavy atom. The third kappa shape index (κ3) is 1.86. The van der Waals surface area contributed by atoms with Crippen LogP contribution in [0.3, 0.4) is 0 Å². The average Bonchev–Trinajstić information content (AvgIpc) is 2.60. The quantitative estimate of drug-likeness (QED) is 0.710. The molecule has 4 nitrogen and oxygen atoms in total. The Bertz CT molecular complexity index is 769. The summed E-state index contributed by atoms with van der Waals surface area (Å²) in [6, 6.07) is 13.0. The lowest BCUT2D eigenvalue weighted by molar-refractivity contribution is 0.101. The van der Waals surface area contributed by atoms with Gasteiger partial charge in [0.05, 0.1) is 11.3 Å². The maximum atomic E-state index is 12.4. The average molecular weight is 385 g/mol. The van der Waals surface area contributed by atoms with Crippen LogP contribution in [-0.4, -0.2) is 14.3 Å². The van der Waals surface area contributed by atoms with Gasteiger partial charge < -0.3 is 0 Å². The van der Waals surface area contributed by atoms with Crippen molar-refractivity contribution in [3.63, 3.8) is 0 Å². The van der Waals surface area contributed by atoms with Crippen LogP contribution < -0.4 is 4.31 Å². The molecule has 6 heteroatoms. The SMILES string of the molecule is O=C1c2ccccc2S(=O)(=O)N1c1ccc(I)cc1. The van der Waals surface area contributed by atoms with Crippen LogP contribution in [0.5, 0.6) is 0 Å². The number of hydrogen-bond donors (Lipinski definition) is 0. The lowest BCUT2D eigenvalue weighted by Crippen LogP contribution is -2.29. The minimum absolute atomic E-state index is 0.0681. The predicted octanol–water partition coefficient (Wildman–Crippen LogP) is 2.64. The molecule has 0 aromatic heterocycles. The van der Waals surface area contributed by atoms with E-state index in [1.165, 1.54) is 12.1 Å². The van der Waals surface area contributed by atoms with E-state index < -0.39 is 15.9 Å². The van der Waals surface area contributed by atoms with Crippen LogP contribution in [0.15, 0.2) is 53.4 Å². The third-order valence-corrected chi connectivity index (χ3v) is 5.37. The first kappa shape index (κ1) is 12.6. The van der Waals surface area contributed by atoms with Crippen LogP contribution in [-0.2, 0) is 10.0 Å². The van der Waals surface area contributed by atoms with Crippen LogP contribution in [0.25, 0.3) is 0 Å². The molecule has 0 N–H and O–H groups in total. The van der Waals surface area contributed by atoms with Crippen LogP contribution in [0.2, 0.25) is 0 Å². The minimum Gasteiger partial charge on any atom is -0.268 e. The predicted molar refractivity (Wildman–Crippen MR) is 79.6 cm³/mol. The summed E-state index contributed by atoms with van der Waals surface area (Å²) in [5, 5.41) is 0. The number of fused-ring (bicyclic) bond motifs is 1. The highest BCUT2D eigenvalue weighted by Crippen LogP contribution is 2.34. The summed E-state index contributed by atoms with van der Waals surface area (Å²) >= 11 is 2.12. The highest BCUT2D eigenvalue weighted by molar-refractivity contribution is 14.1. The molecular weight excluding hydrogens is 377 g/mol. The second-order valence-electron chi connectivity index (χ2n) is 4.05. The Morgan fingerprint density at radius 2 is 1.58 bits per heavy atom. The van der Waals surface area contributed by atoms with Crippen LogP contribution in [0.4, 0.5) is 5.69 Å². The van der Waals surface area contributed by atoms with Gasteiger partial charge in [0.15, 0.2) is 0 Å². The van der Waals surface area contributed by atoms with Gasteiger partial charge in [-0.15, -0.1) is 0 Å². The van der Waals surface area contributed by atoms with Gasteiger partial charge in [0, 0.05) is 3.57 Å². The fraction of sp³-hybridized carbons (Fsp3) is 0. The van der Waals surface area contributed by atoms with Crippen LogP contribution in [0.1, 0.15) is 10.4 Å². The molecule has 0 radical (unpaired) electrons. The first-order chi connectivity index (χ1) is 9.01. The zero-order chi connectivity index (χ0) is 13.6. The summed E-state index contributed by atoms with van der Waals surface area (Å²) in [4.78, 5) is 12.3. The van der Waals surface area contributed by atoms with Gasteiger partial charge in [-0.25, -0.2) is 8.42 Å². The molecule has 0 fully saturated rings. The van der Waals surface area contributed by atoms with Crippen molar-refractivity contribution in [3.8, 4) is 0 Å². The van der Waals surface area contributed by atoms with Gasteiger partial charge in [-0.1, -0.05) is 12.1 Å². The normalized spacial score (nSPS) is 16.5. The molecule has 0 spiro atoms. The van der Waals surface area contributed by atoms with Crippen molar-refractivity contribution in [1.82, 2.24) is 0 Å². The molecule has 3 rings (SSSR count). The zero-order valence-electron chi connectivity index (χ0n) is 9.58. The largest absolute Gasteiger partial charge is 0.273 e. The topological polar surface area (TPSA) is 54.5 Å². The van der Waals surface area contributed by atoms with Gasteiger partial charge in [-0.05, 0) is 59.0 Å². The van der Waals surface area contributed by atoms with Crippen molar-refractivity contribution in [3.05, 3.63) is 57.7 Å². The Hall–Kier alpha value is -1.41. The lowest BCUT2D eigenvalue weighted by atomic mass is 10.2. The maximum Gasteiger partial charge on any atom is 0.273 e. The number of hydrogen-bond acceptors (Lipinski definition) is 3. The van der Waals surface area contributed by atoms with Gasteiger partial charge in [-0.2, -0.15) is 4.31 Å². The summed E-state index contributed by atoms with van der Waals surface area (Å²) < 4.78 is 26.6. The number of anilines is 1. The van der Waals surface area contributed by atoms with Crippen molar-refractivity contribution >= 4 is 44.2 Å². The summed E-state index contributed by atoms with van der Waals surface area (Å²) in [6.45, 7) is 0. The van der Waals surface area contributed by atoms with E-state index in [2.05, 4.69) is 22.6 Å². The smallest absolute Gasteiger partial charge is 0.268 e. The molecule has 2 aromatic carbocycles. The van der Waals surface area contributed by atoms with Crippen LogP contribution >= 0.6 is 22.6 Å². The minimum atomic E-state index is -3.78. The highest BCUT2D eigenvalue weighted by atomic mass is 127. The number of benzene rings is 2. The van der Waals surface area contributed by atoms with E-state index in [0.29, 0.717) is 5.69 Å². The number of halogens is 1. The molecule has 0 unspecified atom stereocenters. The molecule has 1 aliphatic heterocycles. The Balaban J connectivity index is 2.21. The molecule has 1 heterocycles. The van der Waals surface area contributed by atoms with E-state index in [4.69, 9.17) is 0 Å². The number of sulfonamides is 1. The molecule has 0 bridgehead atoms. The summed E-state index contributed by atoms with van der Waals surface area (Å²) in [7, 11) is -3.78. The summed E-state index contributed by atoms with van der Waals surface area (Å²) in [5.41, 5.74) is 0.586. The first-order valence-corrected chi connectivity index (χ1v) is 7.98. The molecule has 1 amide bonds. The molecule has 0 saturated heterocycles. The maximum absolute atomic E-state index is 12.4. The fourth-order valence-electron chi connectivity index (χ4n) is 2.02. The van der Waals surface area contributed by atoms with Crippen molar-refractivity contribution in [2.24, 2.45) is 0 Å². The Morgan fingerprint density at radius 3 is 2.21 bits per heavy atom. The van der Waals surface area contributed by atoms with Crippen molar-refractivity contribution in [2.45, 2.75) is 4.90 Å². The molecule has 0 saturated carbocycles. The molecule has 96 valence electrons. The van der Waals surface area contributed by atoms with Gasteiger partial charge in [0.2, 0.25) is 0 Å². The molecule has 0 atom stereocenters. The van der Waals surface area contributed by atoms with Gasteiger partial charge in [0.25, 0.3) is 15.9 Å². The van der Waals surface area contributed by atoms with Crippen LogP contribution in [0, 0.1) is 3.57 Å². The second-order valence-corrected chi connectivity index (χ2v) is 7.05. The summed E-state index contributed by atoms with van der Waals surface area (Å²) in [6.07, 6.45) is 0. The third-order valence-electron chi connectivity index (χ3n) is 2.88. The molecule has 19 heavy (non-hydrogen) atoms. The van der Waals surface area contributed by atoms with Crippen molar-refractivity contribution < 1.29 is 13.2 Å². The standard InChI is InChI=1S/C13H8INO3S/c14-9-5-7-10(8-6-9)15-13(16)11-3-1-2-4-12(11)19(15,17)18/h1-8H. The van der Waals surface area contributed by atoms with E-state index in [0.717, 1.165) is 7.88 Å². The van der Waals surface area contributed by atoms with Crippen molar-refractivity contribution in [1.29, 1.82) is 0 Å². The van der Waals surface area contributed by atoms with Gasteiger partial charge in [0.1, 0.15) is 4.90 Å². The van der Waals surface area contributed by atoms with E-state index in [1.807, 2.05) is 0 Å². The molecular formula is C13H8INO3S. The Labute approximate surface area is 124 Å². The molecule has 1 aliphatic rings. The number of amides is 1. The highest BCUT2D eigenvalue weighted by Gasteiger charge is 2.41. The summed E-state index contributed by atoms with van der Waals surface area (Å²) in [5.74, 6) is -0.503. The second kappa shape index (κ2) is 4.31. The number of nitrogens with zero attached hydrogens (tertiary/aromatic N) is 1. The first-order valence-electron chi connectivity index (χ1n) is 5.46. The van der Waals surface area contributed by atoms with E-state index in [1.54, 1.807) is 36.4 Å². The lowest BCUT2D eigenvalue weighted by Gasteiger charge is -2.14. The molecule has 2 aromatic rings. The molecule has 0 aliphatic carbocycles. The number of carbonyl (C=O) groups is 1. The Kier molecular flexibility index (Phi) is 2.86.